The number of nitrogens with two attached hydrogens (primary N) is 1. The Labute approximate surface area is 92.7 Å². The smallest absolute Gasteiger partial charge is 0.160 e. The Bertz CT molecular complexity index is 334. The van der Waals surface area contributed by atoms with E-state index >= 15 is 0 Å². The third kappa shape index (κ3) is 2.80. The first-order valence-electron chi connectivity index (χ1n) is 3.76. The molecule has 0 aliphatic rings. The van der Waals surface area contributed by atoms with Crippen molar-refractivity contribution in [2.75, 3.05) is 0 Å². The lowest BCUT2D eigenvalue weighted by Crippen LogP contribution is -2.29. The average Bonchev–Trinajstić information content (AvgIpc) is 1.94. The van der Waals surface area contributed by atoms with Gasteiger partial charge >= 0.3 is 0 Å². The van der Waals surface area contributed by atoms with Crippen LogP contribution in [-0.4, -0.2) is 0 Å². The van der Waals surface area contributed by atoms with Crippen LogP contribution in [-0.2, 0) is 5.54 Å². The van der Waals surface area contributed by atoms with Crippen LogP contribution >= 0.6 is 24.0 Å². The summed E-state index contributed by atoms with van der Waals surface area (Å²) < 4.78 is 25.4. The lowest BCUT2D eigenvalue weighted by molar-refractivity contribution is 0.494. The van der Waals surface area contributed by atoms with Gasteiger partial charge in [0.2, 0.25) is 0 Å². The fourth-order valence-corrected chi connectivity index (χ4v) is 1.41. The standard InChI is InChI=1S/C9H10ClF2N.ClH/c1-9(2,13)5-3-7(11)8(12)4-6(5)10;/h3-4H,13H2,1-2H3;1H. The topological polar surface area (TPSA) is 26.0 Å². The van der Waals surface area contributed by atoms with Gasteiger partial charge in [0, 0.05) is 10.6 Å². The molecule has 0 fully saturated rings. The van der Waals surface area contributed by atoms with Gasteiger partial charge in [0.1, 0.15) is 0 Å². The highest BCUT2D eigenvalue weighted by Gasteiger charge is 2.20. The van der Waals surface area contributed by atoms with Crippen LogP contribution in [0.4, 0.5) is 8.78 Å². The fraction of sp³-hybridized carbons (Fsp3) is 0.333. The van der Waals surface area contributed by atoms with Crippen molar-refractivity contribution in [2.45, 2.75) is 19.4 Å². The highest BCUT2D eigenvalue weighted by atomic mass is 35.5. The summed E-state index contributed by atoms with van der Waals surface area (Å²) in [5.41, 5.74) is 5.33. The van der Waals surface area contributed by atoms with E-state index in [2.05, 4.69) is 0 Å². The van der Waals surface area contributed by atoms with Gasteiger partial charge in [-0.2, -0.15) is 0 Å². The van der Waals surface area contributed by atoms with E-state index in [4.69, 9.17) is 17.3 Å². The molecule has 0 atom stereocenters. The lowest BCUT2D eigenvalue weighted by atomic mass is 9.95. The van der Waals surface area contributed by atoms with Crippen molar-refractivity contribution >= 4 is 24.0 Å². The molecule has 0 saturated heterocycles. The summed E-state index contributed by atoms with van der Waals surface area (Å²) in [4.78, 5) is 0. The predicted octanol–water partition coefficient (Wildman–Crippen LogP) is 3.23. The highest BCUT2D eigenvalue weighted by molar-refractivity contribution is 6.31. The molecule has 1 nitrogen and oxygen atoms in total. The van der Waals surface area contributed by atoms with Crippen LogP contribution in [0, 0.1) is 11.6 Å². The molecule has 2 N–H and O–H groups in total. The van der Waals surface area contributed by atoms with Gasteiger partial charge in [-0.25, -0.2) is 8.78 Å². The van der Waals surface area contributed by atoms with Gasteiger partial charge in [-0.05, 0) is 31.5 Å². The van der Waals surface area contributed by atoms with Gasteiger partial charge in [0.25, 0.3) is 0 Å². The molecule has 80 valence electrons. The quantitative estimate of drug-likeness (QED) is 0.751. The van der Waals surface area contributed by atoms with Crippen molar-refractivity contribution in [2.24, 2.45) is 5.73 Å². The normalized spacial score (nSPS) is 11.0. The molecule has 0 spiro atoms. The summed E-state index contributed by atoms with van der Waals surface area (Å²) in [6, 6.07) is 1.96. The van der Waals surface area contributed by atoms with E-state index in [0.717, 1.165) is 12.1 Å². The largest absolute Gasteiger partial charge is 0.322 e. The zero-order valence-corrected chi connectivity index (χ0v) is 9.35. The van der Waals surface area contributed by atoms with Gasteiger partial charge < -0.3 is 5.73 Å². The van der Waals surface area contributed by atoms with Crippen molar-refractivity contribution in [3.05, 3.63) is 34.4 Å². The Kier molecular flexibility index (Phi) is 4.31. The molecule has 0 amide bonds. The van der Waals surface area contributed by atoms with E-state index in [9.17, 15) is 8.78 Å². The second kappa shape index (κ2) is 4.43. The lowest BCUT2D eigenvalue weighted by Gasteiger charge is -2.20. The molecule has 5 heteroatoms. The molecular formula is C9H11Cl2F2N. The molecule has 0 aliphatic carbocycles. The predicted molar refractivity (Wildman–Crippen MR) is 55.8 cm³/mol. The van der Waals surface area contributed by atoms with Crippen molar-refractivity contribution in [1.29, 1.82) is 0 Å². The summed E-state index contributed by atoms with van der Waals surface area (Å²) in [6.45, 7) is 3.34. The first-order chi connectivity index (χ1) is 5.82. The Morgan fingerprint density at radius 1 is 1.21 bits per heavy atom. The van der Waals surface area contributed by atoms with Crippen molar-refractivity contribution in [3.63, 3.8) is 0 Å². The molecule has 0 radical (unpaired) electrons. The highest BCUT2D eigenvalue weighted by Crippen LogP contribution is 2.27. The van der Waals surface area contributed by atoms with Crippen LogP contribution in [0.15, 0.2) is 12.1 Å². The minimum absolute atomic E-state index is 0. The van der Waals surface area contributed by atoms with Crippen molar-refractivity contribution < 1.29 is 8.78 Å². The molecule has 0 aliphatic heterocycles. The molecule has 0 heterocycles. The molecule has 0 saturated carbocycles. The van der Waals surface area contributed by atoms with Gasteiger partial charge in [-0.3, -0.25) is 0 Å². The molecule has 14 heavy (non-hydrogen) atoms. The van der Waals surface area contributed by atoms with Crippen LogP contribution in [0.5, 0.6) is 0 Å². The minimum atomic E-state index is -0.960. The Morgan fingerprint density at radius 3 is 2.07 bits per heavy atom. The fourth-order valence-electron chi connectivity index (χ4n) is 1.02. The molecular weight excluding hydrogens is 231 g/mol. The first-order valence-corrected chi connectivity index (χ1v) is 4.14. The van der Waals surface area contributed by atoms with E-state index in [1.54, 1.807) is 13.8 Å². The van der Waals surface area contributed by atoms with Crippen LogP contribution in [0.3, 0.4) is 0 Å². The maximum Gasteiger partial charge on any atom is 0.160 e. The van der Waals surface area contributed by atoms with E-state index in [1.807, 2.05) is 0 Å². The Hall–Kier alpha value is -0.380. The number of benzene rings is 1. The summed E-state index contributed by atoms with van der Waals surface area (Å²) in [7, 11) is 0. The van der Waals surface area contributed by atoms with Gasteiger partial charge in [-0.1, -0.05) is 11.6 Å². The van der Waals surface area contributed by atoms with Crippen LogP contribution < -0.4 is 5.73 Å². The van der Waals surface area contributed by atoms with Gasteiger partial charge in [-0.15, -0.1) is 12.4 Å². The monoisotopic (exact) mass is 241 g/mol. The number of hydrogen-bond acceptors (Lipinski definition) is 1. The van der Waals surface area contributed by atoms with E-state index in [0.29, 0.717) is 5.56 Å². The van der Waals surface area contributed by atoms with E-state index < -0.39 is 17.2 Å². The molecule has 0 unspecified atom stereocenters. The van der Waals surface area contributed by atoms with Crippen LogP contribution in [0.2, 0.25) is 5.02 Å². The van der Waals surface area contributed by atoms with Gasteiger partial charge in [0.15, 0.2) is 11.6 Å². The third-order valence-electron chi connectivity index (χ3n) is 1.70. The van der Waals surface area contributed by atoms with Crippen molar-refractivity contribution in [3.8, 4) is 0 Å². The zero-order chi connectivity index (χ0) is 10.2. The number of halogens is 4. The molecule has 1 rings (SSSR count). The van der Waals surface area contributed by atoms with Crippen molar-refractivity contribution in [1.82, 2.24) is 0 Å². The third-order valence-corrected chi connectivity index (χ3v) is 2.02. The SMILES string of the molecule is CC(C)(N)c1cc(F)c(F)cc1Cl.Cl. The molecule has 1 aromatic rings. The summed E-state index contributed by atoms with van der Waals surface area (Å²) in [5.74, 6) is -1.89. The second-order valence-electron chi connectivity index (χ2n) is 3.47. The summed E-state index contributed by atoms with van der Waals surface area (Å²) in [5, 5.41) is 0.145. The summed E-state index contributed by atoms with van der Waals surface area (Å²) in [6.07, 6.45) is 0. The summed E-state index contributed by atoms with van der Waals surface area (Å²) >= 11 is 5.70. The first kappa shape index (κ1) is 13.6. The Balaban J connectivity index is 0.00000169. The average molecular weight is 242 g/mol. The van der Waals surface area contributed by atoms with E-state index in [-0.39, 0.29) is 17.4 Å². The van der Waals surface area contributed by atoms with Crippen LogP contribution in [0.1, 0.15) is 19.4 Å². The van der Waals surface area contributed by atoms with E-state index in [1.165, 1.54) is 0 Å². The molecule has 0 aromatic heterocycles. The van der Waals surface area contributed by atoms with Gasteiger partial charge in [0.05, 0.1) is 0 Å². The van der Waals surface area contributed by atoms with Crippen LogP contribution in [0.25, 0.3) is 0 Å². The Morgan fingerprint density at radius 2 is 1.64 bits per heavy atom. The molecule has 1 aromatic carbocycles. The maximum atomic E-state index is 12.8. The zero-order valence-electron chi connectivity index (χ0n) is 7.77. The molecule has 0 bridgehead atoms. The second-order valence-corrected chi connectivity index (χ2v) is 3.88. The number of rotatable bonds is 1. The number of hydrogen-bond donors (Lipinski definition) is 1. The minimum Gasteiger partial charge on any atom is -0.322 e. The maximum absolute atomic E-state index is 12.8.